The van der Waals surface area contributed by atoms with Crippen LogP contribution in [0.3, 0.4) is 0 Å². The van der Waals surface area contributed by atoms with Gasteiger partial charge in [0.2, 0.25) is 0 Å². The summed E-state index contributed by atoms with van der Waals surface area (Å²) in [7, 11) is 0. The van der Waals surface area contributed by atoms with Crippen molar-refractivity contribution in [3.8, 4) is 17.6 Å². The summed E-state index contributed by atoms with van der Waals surface area (Å²) in [4.78, 5) is 0. The second-order valence-electron chi connectivity index (χ2n) is 4.41. The number of hydrogen-bond donors (Lipinski definition) is 1. The average Bonchev–Trinajstić information content (AvgIpc) is 2.28. The maximum Gasteiger partial charge on any atom is 0.120 e. The molecular weight excluding hydrogens is 212 g/mol. The van der Waals surface area contributed by atoms with Crippen LogP contribution in [0, 0.1) is 17.8 Å². The molecule has 2 heteroatoms. The van der Waals surface area contributed by atoms with Gasteiger partial charge in [-0.05, 0) is 37.0 Å². The third-order valence-corrected chi connectivity index (χ3v) is 3.01. The zero-order chi connectivity index (χ0) is 11.9. The van der Waals surface area contributed by atoms with Gasteiger partial charge in [-0.1, -0.05) is 24.3 Å². The van der Waals surface area contributed by atoms with Crippen LogP contribution in [0.5, 0.6) is 5.75 Å². The zero-order valence-electron chi connectivity index (χ0n) is 9.98. The molecule has 0 saturated heterocycles. The van der Waals surface area contributed by atoms with Crippen molar-refractivity contribution in [1.29, 1.82) is 0 Å². The van der Waals surface area contributed by atoms with E-state index in [1.54, 1.807) is 0 Å². The molecule has 0 unspecified atom stereocenters. The minimum Gasteiger partial charge on any atom is -0.493 e. The summed E-state index contributed by atoms with van der Waals surface area (Å²) in [6.07, 6.45) is 4.47. The van der Waals surface area contributed by atoms with Gasteiger partial charge in [-0.2, -0.15) is 0 Å². The highest BCUT2D eigenvalue weighted by Crippen LogP contribution is 2.27. The van der Waals surface area contributed by atoms with Crippen LogP contribution < -0.4 is 4.74 Å². The molecule has 1 aromatic rings. The maximum absolute atomic E-state index is 8.65. The van der Waals surface area contributed by atoms with Crippen LogP contribution in [-0.4, -0.2) is 18.3 Å². The molecule has 1 aromatic carbocycles. The normalized spacial score (nSPS) is 14.6. The van der Waals surface area contributed by atoms with Gasteiger partial charge in [0.1, 0.15) is 5.75 Å². The number of ether oxygens (including phenoxy) is 1. The molecule has 0 bridgehead atoms. The molecule has 17 heavy (non-hydrogen) atoms. The molecule has 0 amide bonds. The van der Waals surface area contributed by atoms with Crippen molar-refractivity contribution in [2.45, 2.75) is 25.7 Å². The van der Waals surface area contributed by atoms with Gasteiger partial charge in [0, 0.05) is 12.0 Å². The molecule has 0 heterocycles. The second-order valence-corrected chi connectivity index (χ2v) is 4.41. The Hall–Kier alpha value is -1.46. The lowest BCUT2D eigenvalue weighted by molar-refractivity contribution is 0.180. The predicted molar refractivity (Wildman–Crippen MR) is 67.9 cm³/mol. The number of aliphatic hydroxyl groups is 1. The highest BCUT2D eigenvalue weighted by atomic mass is 16.5. The van der Waals surface area contributed by atoms with Crippen molar-refractivity contribution in [3.63, 3.8) is 0 Å². The smallest absolute Gasteiger partial charge is 0.120 e. The van der Waals surface area contributed by atoms with Gasteiger partial charge in [0.25, 0.3) is 0 Å². The van der Waals surface area contributed by atoms with Gasteiger partial charge in [-0.15, -0.1) is 0 Å². The first-order chi connectivity index (χ1) is 8.38. The fourth-order valence-corrected chi connectivity index (χ4v) is 1.76. The zero-order valence-corrected chi connectivity index (χ0v) is 9.98. The fraction of sp³-hybridized carbons (Fsp3) is 0.467. The third kappa shape index (κ3) is 3.80. The van der Waals surface area contributed by atoms with Gasteiger partial charge >= 0.3 is 0 Å². The first-order valence-corrected chi connectivity index (χ1v) is 6.21. The Morgan fingerprint density at radius 2 is 2.24 bits per heavy atom. The topological polar surface area (TPSA) is 29.5 Å². The Bertz CT molecular complexity index is 410. The van der Waals surface area contributed by atoms with Crippen molar-refractivity contribution in [1.82, 2.24) is 0 Å². The minimum absolute atomic E-state index is 0.116. The van der Waals surface area contributed by atoms with E-state index in [4.69, 9.17) is 9.84 Å². The van der Waals surface area contributed by atoms with Crippen molar-refractivity contribution >= 4 is 0 Å². The summed E-state index contributed by atoms with van der Waals surface area (Å²) in [5.74, 6) is 7.57. The van der Waals surface area contributed by atoms with Crippen molar-refractivity contribution < 1.29 is 9.84 Å². The number of rotatable bonds is 4. The molecule has 90 valence electrons. The molecule has 1 N–H and O–H groups in total. The SMILES string of the molecule is OCCC#Cc1cccc(OCC2CCC2)c1. The highest BCUT2D eigenvalue weighted by molar-refractivity contribution is 5.39. The lowest BCUT2D eigenvalue weighted by Gasteiger charge is -2.25. The van der Waals surface area contributed by atoms with Crippen molar-refractivity contribution in [3.05, 3.63) is 29.8 Å². The molecule has 0 radical (unpaired) electrons. The van der Waals surface area contributed by atoms with E-state index in [9.17, 15) is 0 Å². The fourth-order valence-electron chi connectivity index (χ4n) is 1.76. The van der Waals surface area contributed by atoms with Crippen molar-refractivity contribution in [2.24, 2.45) is 5.92 Å². The van der Waals surface area contributed by atoms with Gasteiger partial charge < -0.3 is 9.84 Å². The summed E-state index contributed by atoms with van der Waals surface area (Å²) in [6.45, 7) is 0.943. The lowest BCUT2D eigenvalue weighted by Crippen LogP contribution is -2.19. The first kappa shape index (κ1) is 12.0. The molecular formula is C15H18O2. The highest BCUT2D eigenvalue weighted by Gasteiger charge is 2.17. The number of hydrogen-bond acceptors (Lipinski definition) is 2. The summed E-state index contributed by atoms with van der Waals surface area (Å²) in [5, 5.41) is 8.65. The van der Waals surface area contributed by atoms with Crippen LogP contribution >= 0.6 is 0 Å². The first-order valence-electron chi connectivity index (χ1n) is 6.21. The molecule has 2 nitrogen and oxygen atoms in total. The van der Waals surface area contributed by atoms with Crippen LogP contribution in [0.15, 0.2) is 24.3 Å². The van der Waals surface area contributed by atoms with Crippen LogP contribution in [0.2, 0.25) is 0 Å². The summed E-state index contributed by atoms with van der Waals surface area (Å²) in [6, 6.07) is 7.85. The average molecular weight is 230 g/mol. The number of aliphatic hydroxyl groups excluding tert-OH is 1. The Morgan fingerprint density at radius 1 is 1.35 bits per heavy atom. The van der Waals surface area contributed by atoms with Gasteiger partial charge in [0.05, 0.1) is 13.2 Å². The van der Waals surface area contributed by atoms with Crippen LogP contribution in [0.25, 0.3) is 0 Å². The van der Waals surface area contributed by atoms with Gasteiger partial charge in [0.15, 0.2) is 0 Å². The van der Waals surface area contributed by atoms with E-state index < -0.39 is 0 Å². The molecule has 1 fully saturated rings. The van der Waals surface area contributed by atoms with Gasteiger partial charge in [-0.3, -0.25) is 0 Å². The van der Waals surface area contributed by atoms with Gasteiger partial charge in [-0.25, -0.2) is 0 Å². The molecule has 0 aliphatic heterocycles. The minimum atomic E-state index is 0.116. The van der Waals surface area contributed by atoms with E-state index in [1.807, 2.05) is 24.3 Å². The van der Waals surface area contributed by atoms with Crippen LogP contribution in [0.1, 0.15) is 31.2 Å². The van der Waals surface area contributed by atoms with E-state index >= 15 is 0 Å². The Morgan fingerprint density at radius 3 is 2.94 bits per heavy atom. The van der Waals surface area contributed by atoms with E-state index in [2.05, 4.69) is 11.8 Å². The second kappa shape index (κ2) is 6.32. The van der Waals surface area contributed by atoms with E-state index in [0.29, 0.717) is 6.42 Å². The molecule has 0 aromatic heterocycles. The molecule has 2 rings (SSSR count). The van der Waals surface area contributed by atoms with Crippen LogP contribution in [-0.2, 0) is 0 Å². The van der Waals surface area contributed by atoms with Crippen molar-refractivity contribution in [2.75, 3.05) is 13.2 Å². The molecule has 0 atom stereocenters. The molecule has 1 saturated carbocycles. The summed E-state index contributed by atoms with van der Waals surface area (Å²) >= 11 is 0. The quantitative estimate of drug-likeness (QED) is 0.806. The summed E-state index contributed by atoms with van der Waals surface area (Å²) < 4.78 is 5.74. The molecule has 1 aliphatic rings. The Kier molecular flexibility index (Phi) is 4.46. The summed E-state index contributed by atoms with van der Waals surface area (Å²) in [5.41, 5.74) is 0.949. The van der Waals surface area contributed by atoms with Crippen LogP contribution in [0.4, 0.5) is 0 Å². The molecule has 1 aliphatic carbocycles. The maximum atomic E-state index is 8.65. The lowest BCUT2D eigenvalue weighted by atomic mass is 9.86. The van der Waals surface area contributed by atoms with E-state index in [1.165, 1.54) is 19.3 Å². The Balaban J connectivity index is 1.89. The number of benzene rings is 1. The Labute approximate surface area is 103 Å². The standard InChI is InChI=1S/C15H18O2/c16-10-2-1-5-13-6-4-9-15(11-13)17-12-14-7-3-8-14/h4,6,9,11,14,16H,2-3,7-8,10,12H2. The predicted octanol–water partition coefficient (Wildman–Crippen LogP) is 2.60. The third-order valence-electron chi connectivity index (χ3n) is 3.01. The largest absolute Gasteiger partial charge is 0.493 e. The molecule has 0 spiro atoms. The van der Waals surface area contributed by atoms with E-state index in [-0.39, 0.29) is 6.61 Å². The monoisotopic (exact) mass is 230 g/mol. The van der Waals surface area contributed by atoms with E-state index in [0.717, 1.165) is 23.8 Å².